The van der Waals surface area contributed by atoms with E-state index in [1.165, 1.54) is 6.21 Å². The van der Waals surface area contributed by atoms with Gasteiger partial charge in [-0.2, -0.15) is 22.9 Å². The standard InChI is InChI=1S/C22H20Cl3F3N6S/c23-17-4-1-15(2-5-17)12-29-34-20(22(26,27)28)30-33(21(34)35)14-32-9-7-31(8-10-32)13-16-3-6-18(24)11-19(16)25/h1-6,11-12H,7-10,13-14H2/b29-12-. The van der Waals surface area contributed by atoms with Gasteiger partial charge >= 0.3 is 6.18 Å². The van der Waals surface area contributed by atoms with Gasteiger partial charge in [-0.3, -0.25) is 9.80 Å². The zero-order valence-corrected chi connectivity index (χ0v) is 21.3. The minimum absolute atomic E-state index is 0.126. The number of aromatic nitrogens is 3. The predicted molar refractivity (Wildman–Crippen MR) is 134 cm³/mol. The molecule has 13 heteroatoms. The average molecular weight is 564 g/mol. The van der Waals surface area contributed by atoms with Gasteiger partial charge in [0.1, 0.15) is 0 Å². The lowest BCUT2D eigenvalue weighted by Crippen LogP contribution is -2.46. The number of hydrogen-bond donors (Lipinski definition) is 0. The van der Waals surface area contributed by atoms with Gasteiger partial charge in [0.15, 0.2) is 0 Å². The summed E-state index contributed by atoms with van der Waals surface area (Å²) in [7, 11) is 0. The van der Waals surface area contributed by atoms with E-state index in [-0.39, 0.29) is 11.4 Å². The van der Waals surface area contributed by atoms with E-state index >= 15 is 0 Å². The van der Waals surface area contributed by atoms with Crippen LogP contribution in [-0.2, 0) is 19.4 Å². The Hall–Kier alpha value is -1.95. The average Bonchev–Trinajstić information content (AvgIpc) is 3.12. The van der Waals surface area contributed by atoms with Crippen molar-refractivity contribution in [3.05, 3.63) is 79.3 Å². The number of piperazine rings is 1. The van der Waals surface area contributed by atoms with Crippen molar-refractivity contribution in [1.82, 2.24) is 24.3 Å². The molecule has 0 radical (unpaired) electrons. The number of rotatable bonds is 6. The third kappa shape index (κ3) is 6.63. The second-order valence-corrected chi connectivity index (χ2v) is 9.63. The Morgan fingerprint density at radius 1 is 0.943 bits per heavy atom. The summed E-state index contributed by atoms with van der Waals surface area (Å²) in [5, 5.41) is 9.39. The van der Waals surface area contributed by atoms with Gasteiger partial charge in [-0.15, -0.1) is 5.10 Å². The Kier molecular flexibility index (Phi) is 8.19. The normalized spacial score (nSPS) is 15.8. The molecule has 6 nitrogen and oxygen atoms in total. The van der Waals surface area contributed by atoms with E-state index in [1.54, 1.807) is 36.4 Å². The second-order valence-electron chi connectivity index (χ2n) is 7.98. The Bertz CT molecular complexity index is 1260. The number of nitrogens with zero attached hydrogens (tertiary/aromatic N) is 6. The molecule has 0 spiro atoms. The van der Waals surface area contributed by atoms with Crippen LogP contribution < -0.4 is 0 Å². The van der Waals surface area contributed by atoms with E-state index in [1.807, 2.05) is 11.0 Å². The van der Waals surface area contributed by atoms with Crippen molar-refractivity contribution in [3.63, 3.8) is 0 Å². The molecule has 0 aliphatic carbocycles. The van der Waals surface area contributed by atoms with Crippen LogP contribution in [0.4, 0.5) is 13.2 Å². The first-order valence-corrected chi connectivity index (χ1v) is 12.1. The molecule has 186 valence electrons. The zero-order valence-electron chi connectivity index (χ0n) is 18.2. The number of hydrogen-bond acceptors (Lipinski definition) is 5. The molecule has 0 atom stereocenters. The molecule has 35 heavy (non-hydrogen) atoms. The van der Waals surface area contributed by atoms with Crippen molar-refractivity contribution in [2.45, 2.75) is 19.4 Å². The van der Waals surface area contributed by atoms with E-state index in [9.17, 15) is 13.2 Å². The van der Waals surface area contributed by atoms with E-state index < -0.39 is 12.0 Å². The van der Waals surface area contributed by atoms with Gasteiger partial charge in [0.25, 0.3) is 5.82 Å². The minimum Gasteiger partial charge on any atom is -0.296 e. The van der Waals surface area contributed by atoms with Crippen molar-refractivity contribution in [3.8, 4) is 0 Å². The van der Waals surface area contributed by atoms with Crippen LogP contribution in [0, 0.1) is 4.77 Å². The maximum Gasteiger partial charge on any atom is 0.453 e. The second kappa shape index (κ2) is 11.0. The molecule has 1 aromatic heterocycles. The molecule has 1 aliphatic rings. The van der Waals surface area contributed by atoms with Crippen LogP contribution in [0.2, 0.25) is 15.1 Å². The maximum atomic E-state index is 13.6. The summed E-state index contributed by atoms with van der Waals surface area (Å²) in [5.74, 6) is -1.18. The fourth-order valence-corrected chi connectivity index (χ4v) is 4.44. The first-order chi connectivity index (χ1) is 16.6. The summed E-state index contributed by atoms with van der Waals surface area (Å²) >= 11 is 23.4. The molecule has 0 saturated carbocycles. The van der Waals surface area contributed by atoms with Crippen LogP contribution in [0.25, 0.3) is 0 Å². The Balaban J connectivity index is 1.45. The van der Waals surface area contributed by atoms with Crippen LogP contribution in [0.1, 0.15) is 17.0 Å². The van der Waals surface area contributed by atoms with Crippen molar-refractivity contribution < 1.29 is 13.2 Å². The van der Waals surface area contributed by atoms with Crippen LogP contribution in [-0.4, -0.2) is 56.7 Å². The quantitative estimate of drug-likeness (QED) is 0.270. The molecule has 1 fully saturated rings. The molecule has 0 unspecified atom stereocenters. The molecule has 2 heterocycles. The van der Waals surface area contributed by atoms with Gasteiger partial charge < -0.3 is 0 Å². The van der Waals surface area contributed by atoms with Crippen molar-refractivity contribution in [1.29, 1.82) is 0 Å². The molecule has 4 rings (SSSR count). The first-order valence-electron chi connectivity index (χ1n) is 10.6. The van der Waals surface area contributed by atoms with Gasteiger partial charge in [0.05, 0.1) is 12.9 Å². The first kappa shape index (κ1) is 26.1. The third-order valence-electron chi connectivity index (χ3n) is 5.47. The lowest BCUT2D eigenvalue weighted by molar-refractivity contribution is -0.147. The van der Waals surface area contributed by atoms with Gasteiger partial charge in [-0.05, 0) is 47.6 Å². The largest absolute Gasteiger partial charge is 0.453 e. The monoisotopic (exact) mass is 562 g/mol. The lowest BCUT2D eigenvalue weighted by Gasteiger charge is -2.34. The number of benzene rings is 2. The van der Waals surface area contributed by atoms with E-state index in [0.717, 1.165) is 10.2 Å². The summed E-state index contributed by atoms with van der Waals surface area (Å²) in [4.78, 5) is 4.22. The van der Waals surface area contributed by atoms with E-state index in [4.69, 9.17) is 47.0 Å². The van der Waals surface area contributed by atoms with Gasteiger partial charge in [0, 0.05) is 47.8 Å². The van der Waals surface area contributed by atoms with Gasteiger partial charge in [-0.25, -0.2) is 4.68 Å². The molecular formula is C22H20Cl3F3N6S. The topological polar surface area (TPSA) is 41.6 Å². The maximum absolute atomic E-state index is 13.6. The molecule has 0 amide bonds. The van der Waals surface area contributed by atoms with Crippen molar-refractivity contribution in [2.24, 2.45) is 5.10 Å². The molecule has 1 saturated heterocycles. The highest BCUT2D eigenvalue weighted by Gasteiger charge is 2.39. The minimum atomic E-state index is -4.72. The van der Waals surface area contributed by atoms with E-state index in [0.29, 0.717) is 58.0 Å². The zero-order chi connectivity index (χ0) is 25.2. The molecule has 1 aliphatic heterocycles. The smallest absolute Gasteiger partial charge is 0.296 e. The highest BCUT2D eigenvalue weighted by atomic mass is 35.5. The van der Waals surface area contributed by atoms with Gasteiger partial charge in [0.2, 0.25) is 4.77 Å². The highest BCUT2D eigenvalue weighted by molar-refractivity contribution is 7.71. The summed E-state index contributed by atoms with van der Waals surface area (Å²) in [5.41, 5.74) is 1.55. The highest BCUT2D eigenvalue weighted by Crippen LogP contribution is 2.28. The van der Waals surface area contributed by atoms with Crippen LogP contribution in [0.5, 0.6) is 0 Å². The van der Waals surface area contributed by atoms with Crippen LogP contribution in [0.3, 0.4) is 0 Å². The molecule has 0 N–H and O–H groups in total. The number of alkyl halides is 3. The van der Waals surface area contributed by atoms with Crippen LogP contribution >= 0.6 is 47.0 Å². The van der Waals surface area contributed by atoms with Crippen molar-refractivity contribution >= 4 is 53.2 Å². The summed E-state index contributed by atoms with van der Waals surface area (Å²) < 4.78 is 42.6. The Morgan fingerprint density at radius 3 is 2.20 bits per heavy atom. The molecule has 2 aromatic carbocycles. The third-order valence-corrected chi connectivity index (χ3v) is 6.69. The molecule has 3 aromatic rings. The SMILES string of the molecule is FC(F)(F)c1nn(CN2CCN(Cc3ccc(Cl)cc3Cl)CC2)c(=S)n1/N=C\c1ccc(Cl)cc1. The lowest BCUT2D eigenvalue weighted by atomic mass is 10.2. The summed E-state index contributed by atoms with van der Waals surface area (Å²) in [6.07, 6.45) is -3.43. The summed E-state index contributed by atoms with van der Waals surface area (Å²) in [6.45, 7) is 3.49. The van der Waals surface area contributed by atoms with Gasteiger partial charge in [-0.1, -0.05) is 53.0 Å². The van der Waals surface area contributed by atoms with Crippen molar-refractivity contribution in [2.75, 3.05) is 26.2 Å². The Labute approximate surface area is 220 Å². The summed E-state index contributed by atoms with van der Waals surface area (Å²) in [6, 6.07) is 11.9. The molecular weight excluding hydrogens is 544 g/mol. The Morgan fingerprint density at radius 2 is 1.57 bits per heavy atom. The fraction of sp³-hybridized carbons (Fsp3) is 0.318. The fourth-order valence-electron chi connectivity index (χ4n) is 3.61. The van der Waals surface area contributed by atoms with Crippen LogP contribution in [0.15, 0.2) is 47.6 Å². The predicted octanol–water partition coefficient (Wildman–Crippen LogP) is 6.05. The number of halogens is 6. The van der Waals surface area contributed by atoms with E-state index in [2.05, 4.69) is 15.1 Å². The molecule has 0 bridgehead atoms.